The second kappa shape index (κ2) is 8.60. The van der Waals surface area contributed by atoms with Gasteiger partial charge in [0.25, 0.3) is 0 Å². The third kappa shape index (κ3) is 6.58. The summed E-state index contributed by atoms with van der Waals surface area (Å²) in [5.41, 5.74) is 0.549. The highest BCUT2D eigenvalue weighted by Gasteiger charge is 2.08. The molecule has 5 nitrogen and oxygen atoms in total. The smallest absolute Gasteiger partial charge is 0.305 e. The average molecular weight is 316 g/mol. The van der Waals surface area contributed by atoms with E-state index >= 15 is 0 Å². The quantitative estimate of drug-likeness (QED) is 0.715. The fraction of sp³-hybridized carbons (Fsp3) is 0.308. The van der Waals surface area contributed by atoms with Crippen LogP contribution < -0.4 is 5.32 Å². The zero-order valence-corrected chi connectivity index (χ0v) is 12.2. The van der Waals surface area contributed by atoms with Gasteiger partial charge in [0, 0.05) is 17.1 Å². The monoisotopic (exact) mass is 315 g/mol. The van der Waals surface area contributed by atoms with Gasteiger partial charge in [0.1, 0.15) is 0 Å². The SMILES string of the molecule is O=C(O)CCNC(=O)CSCC(=O)c1ccc(Cl)cc1. The Morgan fingerprint density at radius 2 is 1.80 bits per heavy atom. The predicted octanol–water partition coefficient (Wildman–Crippen LogP) is 1.85. The van der Waals surface area contributed by atoms with Gasteiger partial charge in [-0.3, -0.25) is 14.4 Å². The fourth-order valence-corrected chi connectivity index (χ4v) is 2.18. The van der Waals surface area contributed by atoms with Crippen molar-refractivity contribution in [3.05, 3.63) is 34.9 Å². The summed E-state index contributed by atoms with van der Waals surface area (Å²) < 4.78 is 0. The van der Waals surface area contributed by atoms with Crippen molar-refractivity contribution in [1.82, 2.24) is 5.32 Å². The Morgan fingerprint density at radius 3 is 2.40 bits per heavy atom. The molecule has 7 heteroatoms. The molecule has 1 aromatic carbocycles. The molecule has 0 bridgehead atoms. The van der Waals surface area contributed by atoms with Crippen LogP contribution in [0.25, 0.3) is 0 Å². The minimum atomic E-state index is -0.962. The second-order valence-corrected chi connectivity index (χ2v) is 5.34. The molecule has 0 spiro atoms. The van der Waals surface area contributed by atoms with E-state index in [2.05, 4.69) is 5.32 Å². The number of aliphatic carboxylic acids is 1. The topological polar surface area (TPSA) is 83.5 Å². The molecule has 108 valence electrons. The van der Waals surface area contributed by atoms with Gasteiger partial charge in [-0.2, -0.15) is 0 Å². The first-order chi connectivity index (χ1) is 9.49. The van der Waals surface area contributed by atoms with E-state index in [4.69, 9.17) is 16.7 Å². The van der Waals surface area contributed by atoms with Crippen LogP contribution >= 0.6 is 23.4 Å². The van der Waals surface area contributed by atoms with Crippen LogP contribution in [0.1, 0.15) is 16.8 Å². The number of hydrogen-bond acceptors (Lipinski definition) is 4. The van der Waals surface area contributed by atoms with Crippen LogP contribution in [0.5, 0.6) is 0 Å². The summed E-state index contributed by atoms with van der Waals surface area (Å²) in [6, 6.07) is 6.55. The number of carbonyl (C=O) groups is 3. The van der Waals surface area contributed by atoms with Crippen LogP contribution in [0.3, 0.4) is 0 Å². The number of carboxylic acid groups (broad SMARTS) is 1. The summed E-state index contributed by atoms with van der Waals surface area (Å²) in [6.07, 6.45) is -0.111. The summed E-state index contributed by atoms with van der Waals surface area (Å²) in [4.78, 5) is 33.4. The number of nitrogens with one attached hydrogen (secondary N) is 1. The molecule has 0 heterocycles. The van der Waals surface area contributed by atoms with Crippen molar-refractivity contribution in [1.29, 1.82) is 0 Å². The molecule has 0 aromatic heterocycles. The molecule has 0 aliphatic heterocycles. The Kier molecular flexibility index (Phi) is 7.11. The van der Waals surface area contributed by atoms with Crippen molar-refractivity contribution >= 4 is 41.0 Å². The van der Waals surface area contributed by atoms with Crippen LogP contribution in [0.15, 0.2) is 24.3 Å². The Balaban J connectivity index is 2.23. The lowest BCUT2D eigenvalue weighted by Gasteiger charge is -2.03. The van der Waals surface area contributed by atoms with Crippen LogP contribution in [0.4, 0.5) is 0 Å². The summed E-state index contributed by atoms with van der Waals surface area (Å²) >= 11 is 6.91. The van der Waals surface area contributed by atoms with E-state index in [1.165, 1.54) is 11.8 Å². The van der Waals surface area contributed by atoms with Gasteiger partial charge >= 0.3 is 5.97 Å². The molecule has 1 rings (SSSR count). The normalized spacial score (nSPS) is 10.1. The summed E-state index contributed by atoms with van der Waals surface area (Å²) in [7, 11) is 0. The van der Waals surface area contributed by atoms with E-state index in [1.807, 2.05) is 0 Å². The van der Waals surface area contributed by atoms with E-state index < -0.39 is 5.97 Å². The number of hydrogen-bond donors (Lipinski definition) is 2. The first-order valence-corrected chi connectivity index (χ1v) is 7.37. The van der Waals surface area contributed by atoms with E-state index in [-0.39, 0.29) is 36.2 Å². The number of thioether (sulfide) groups is 1. The lowest BCUT2D eigenvalue weighted by molar-refractivity contribution is -0.136. The standard InChI is InChI=1S/C13H14ClNO4S/c14-10-3-1-9(2-4-10)11(16)7-20-8-12(17)15-6-5-13(18)19/h1-4H,5-8H2,(H,15,17)(H,18,19). The zero-order valence-electron chi connectivity index (χ0n) is 10.6. The molecule has 20 heavy (non-hydrogen) atoms. The maximum absolute atomic E-state index is 11.8. The number of halogens is 1. The zero-order chi connectivity index (χ0) is 15.0. The van der Waals surface area contributed by atoms with Gasteiger partial charge in [0.15, 0.2) is 5.78 Å². The molecule has 1 aromatic rings. The van der Waals surface area contributed by atoms with Gasteiger partial charge in [-0.25, -0.2) is 0 Å². The number of benzene rings is 1. The van der Waals surface area contributed by atoms with Gasteiger partial charge in [-0.1, -0.05) is 11.6 Å². The second-order valence-electron chi connectivity index (χ2n) is 3.92. The van der Waals surface area contributed by atoms with Crippen molar-refractivity contribution in [3.8, 4) is 0 Å². The highest BCUT2D eigenvalue weighted by molar-refractivity contribution is 8.00. The van der Waals surface area contributed by atoms with Crippen molar-refractivity contribution in [2.75, 3.05) is 18.1 Å². The van der Waals surface area contributed by atoms with Crippen LogP contribution in [-0.2, 0) is 9.59 Å². The molecular formula is C13H14ClNO4S. The number of carboxylic acids is 1. The average Bonchev–Trinajstić information content (AvgIpc) is 2.39. The Morgan fingerprint density at radius 1 is 1.15 bits per heavy atom. The van der Waals surface area contributed by atoms with E-state index in [1.54, 1.807) is 24.3 Å². The minimum Gasteiger partial charge on any atom is -0.481 e. The minimum absolute atomic E-state index is 0.0787. The summed E-state index contributed by atoms with van der Waals surface area (Å²) in [6.45, 7) is 0.0971. The fourth-order valence-electron chi connectivity index (χ4n) is 1.32. The molecular weight excluding hydrogens is 302 g/mol. The summed E-state index contributed by atoms with van der Waals surface area (Å²) in [5, 5.41) is 11.4. The highest BCUT2D eigenvalue weighted by atomic mass is 35.5. The maximum atomic E-state index is 11.8. The van der Waals surface area contributed by atoms with Crippen LogP contribution in [0, 0.1) is 0 Å². The van der Waals surface area contributed by atoms with Crippen LogP contribution in [-0.4, -0.2) is 40.8 Å². The first kappa shape index (κ1) is 16.5. The maximum Gasteiger partial charge on any atom is 0.305 e. The molecule has 1 amide bonds. The first-order valence-electron chi connectivity index (χ1n) is 5.84. The van der Waals surface area contributed by atoms with Crippen molar-refractivity contribution in [2.24, 2.45) is 0 Å². The third-order valence-corrected chi connectivity index (χ3v) is 3.48. The summed E-state index contributed by atoms with van der Waals surface area (Å²) in [5.74, 6) is -1.01. The molecule has 0 atom stereocenters. The van der Waals surface area contributed by atoms with Crippen LogP contribution in [0.2, 0.25) is 5.02 Å². The molecule has 0 saturated heterocycles. The highest BCUT2D eigenvalue weighted by Crippen LogP contribution is 2.12. The molecule has 0 aliphatic carbocycles. The van der Waals surface area contributed by atoms with Gasteiger partial charge in [0.2, 0.25) is 5.91 Å². The molecule has 0 fully saturated rings. The Hall–Kier alpha value is -1.53. The Labute approximate surface area is 125 Å². The van der Waals surface area contributed by atoms with Gasteiger partial charge < -0.3 is 10.4 Å². The molecule has 2 N–H and O–H groups in total. The molecule has 0 unspecified atom stereocenters. The number of amides is 1. The number of rotatable bonds is 8. The molecule has 0 saturated carbocycles. The van der Waals surface area contributed by atoms with Crippen molar-refractivity contribution < 1.29 is 19.5 Å². The van der Waals surface area contributed by atoms with E-state index in [0.717, 1.165) is 0 Å². The molecule has 0 aliphatic rings. The number of carbonyl (C=O) groups excluding carboxylic acids is 2. The number of ketones is 1. The largest absolute Gasteiger partial charge is 0.481 e. The van der Waals surface area contributed by atoms with Crippen molar-refractivity contribution in [2.45, 2.75) is 6.42 Å². The van der Waals surface area contributed by atoms with E-state index in [0.29, 0.717) is 10.6 Å². The van der Waals surface area contributed by atoms with E-state index in [9.17, 15) is 14.4 Å². The number of Topliss-reactive ketones (excluding diaryl/α,β-unsaturated/α-hetero) is 1. The molecule has 0 radical (unpaired) electrons. The lowest BCUT2D eigenvalue weighted by Crippen LogP contribution is -2.27. The lowest BCUT2D eigenvalue weighted by atomic mass is 10.1. The van der Waals surface area contributed by atoms with Gasteiger partial charge in [-0.05, 0) is 24.3 Å². The third-order valence-electron chi connectivity index (χ3n) is 2.29. The van der Waals surface area contributed by atoms with Crippen molar-refractivity contribution in [3.63, 3.8) is 0 Å². The van der Waals surface area contributed by atoms with Gasteiger partial charge in [-0.15, -0.1) is 11.8 Å². The van der Waals surface area contributed by atoms with Gasteiger partial charge in [0.05, 0.1) is 17.9 Å². The predicted molar refractivity (Wildman–Crippen MR) is 78.4 cm³/mol. The Bertz CT molecular complexity index is 490.